The first kappa shape index (κ1) is 22.6. The first-order valence-corrected chi connectivity index (χ1v) is 10.9. The van der Waals surface area contributed by atoms with Crippen LogP contribution in [-0.2, 0) is 0 Å². The van der Waals surface area contributed by atoms with Gasteiger partial charge in [-0.3, -0.25) is 9.78 Å². The van der Waals surface area contributed by atoms with E-state index in [0.29, 0.717) is 23.1 Å². The number of nitrogens with one attached hydrogen (secondary N) is 1. The number of aromatic nitrogens is 2. The van der Waals surface area contributed by atoms with Crippen LogP contribution in [0, 0.1) is 24.4 Å². The molecule has 0 bridgehead atoms. The first-order valence-electron chi connectivity index (χ1n) is 10.9. The molecule has 11 heteroatoms. The first-order chi connectivity index (χ1) is 16.8. The lowest BCUT2D eigenvalue weighted by Crippen LogP contribution is -2.58. The number of aryl methyl sites for hydroxylation is 1. The molecule has 180 valence electrons. The summed E-state index contributed by atoms with van der Waals surface area (Å²) in [5.41, 5.74) is 1.21. The van der Waals surface area contributed by atoms with Crippen molar-refractivity contribution >= 4 is 12.2 Å². The van der Waals surface area contributed by atoms with Gasteiger partial charge in [0.05, 0.1) is 36.6 Å². The lowest BCUT2D eigenvalue weighted by Gasteiger charge is -2.41. The van der Waals surface area contributed by atoms with Crippen molar-refractivity contribution in [1.29, 1.82) is 0 Å². The number of hydrogen-bond acceptors (Lipinski definition) is 5. The molecule has 8 nitrogen and oxygen atoms in total. The molecule has 35 heavy (non-hydrogen) atoms. The molecule has 1 saturated heterocycles. The van der Waals surface area contributed by atoms with Crippen LogP contribution in [0.3, 0.4) is 0 Å². The van der Waals surface area contributed by atoms with Gasteiger partial charge in [0.25, 0.3) is 5.56 Å². The number of aromatic amines is 1. The second-order valence-corrected chi connectivity index (χ2v) is 8.39. The van der Waals surface area contributed by atoms with Gasteiger partial charge in [-0.1, -0.05) is 0 Å². The number of hydrazone groups is 1. The Morgan fingerprint density at radius 3 is 2.60 bits per heavy atom. The number of hydrogen-bond donors (Lipinski definition) is 1. The van der Waals surface area contributed by atoms with E-state index in [4.69, 9.17) is 4.74 Å². The molecular weight excluding hydrogens is 463 g/mol. The summed E-state index contributed by atoms with van der Waals surface area (Å²) in [5.74, 6) is -2.24. The van der Waals surface area contributed by atoms with Gasteiger partial charge in [0.2, 0.25) is 0 Å². The quantitative estimate of drug-likeness (QED) is 0.612. The molecule has 2 aromatic heterocycles. The number of benzene rings is 1. The average Bonchev–Trinajstić information content (AvgIpc) is 3.26. The maximum atomic E-state index is 14.4. The van der Waals surface area contributed by atoms with Crippen molar-refractivity contribution in [2.45, 2.75) is 25.5 Å². The summed E-state index contributed by atoms with van der Waals surface area (Å²) in [6.07, 6.45) is 3.85. The van der Waals surface area contributed by atoms with E-state index in [9.17, 15) is 22.8 Å². The van der Waals surface area contributed by atoms with Crippen LogP contribution in [-0.4, -0.2) is 51.3 Å². The van der Waals surface area contributed by atoms with Crippen LogP contribution in [0.1, 0.15) is 23.6 Å². The number of halogens is 3. The van der Waals surface area contributed by atoms with Crippen LogP contribution in [0.4, 0.5) is 18.0 Å². The highest BCUT2D eigenvalue weighted by atomic mass is 19.1. The highest BCUT2D eigenvalue weighted by Gasteiger charge is 2.39. The van der Waals surface area contributed by atoms with Gasteiger partial charge in [0.15, 0.2) is 11.6 Å². The lowest BCUT2D eigenvalue weighted by molar-refractivity contribution is 0.0256. The van der Waals surface area contributed by atoms with E-state index in [1.807, 2.05) is 0 Å². The number of carbonyl (C=O) groups is 1. The van der Waals surface area contributed by atoms with E-state index in [-0.39, 0.29) is 30.1 Å². The van der Waals surface area contributed by atoms with Crippen LogP contribution in [0.15, 0.2) is 52.6 Å². The molecule has 0 unspecified atom stereocenters. The van der Waals surface area contributed by atoms with Gasteiger partial charge >= 0.3 is 6.03 Å². The molecule has 1 aromatic carbocycles. The monoisotopic (exact) mass is 483 g/mol. The van der Waals surface area contributed by atoms with Crippen molar-refractivity contribution in [3.05, 3.63) is 81.7 Å². The second-order valence-electron chi connectivity index (χ2n) is 8.39. The Balaban J connectivity index is 1.26. The number of rotatable bonds is 4. The number of ether oxygens (including phenoxy) is 1. The summed E-state index contributed by atoms with van der Waals surface area (Å²) in [4.78, 5) is 33.2. The van der Waals surface area contributed by atoms with Crippen LogP contribution in [0.2, 0.25) is 0 Å². The third-order valence-corrected chi connectivity index (χ3v) is 5.95. The summed E-state index contributed by atoms with van der Waals surface area (Å²) >= 11 is 0. The standard InChI is InChI=1S/C24H20F3N5O3/c1-13-2-4-28-23(33)22(13)19-9-21(18(27)10-29-19)35-17-11-31(12-17)24(34)32-20(3-5-30-32)14-6-15(25)8-16(26)7-14/h2,4-10,17,20H,3,11-12H2,1H3,(H,28,33)/t20-/m0/s1. The average molecular weight is 483 g/mol. The molecule has 1 N–H and O–H groups in total. The molecule has 0 spiro atoms. The molecule has 1 atom stereocenters. The minimum atomic E-state index is -0.733. The number of nitrogens with zero attached hydrogens (tertiary/aromatic N) is 4. The summed E-state index contributed by atoms with van der Waals surface area (Å²) in [7, 11) is 0. The Labute approximate surface area is 197 Å². The molecule has 5 rings (SSSR count). The SMILES string of the molecule is Cc1cc[nH]c(=O)c1-c1cc(OC2CN(C(=O)N3N=CC[C@H]3c3cc(F)cc(F)c3)C2)c(F)cn1. The van der Waals surface area contributed by atoms with E-state index in [1.54, 1.807) is 13.0 Å². The van der Waals surface area contributed by atoms with E-state index in [2.05, 4.69) is 15.1 Å². The molecule has 2 aliphatic heterocycles. The third-order valence-electron chi connectivity index (χ3n) is 5.95. The summed E-state index contributed by atoms with van der Waals surface area (Å²) in [6.45, 7) is 2.08. The Morgan fingerprint density at radius 1 is 1.14 bits per heavy atom. The number of likely N-dealkylation sites (tertiary alicyclic amines) is 1. The molecule has 2 amide bonds. The highest BCUT2D eigenvalue weighted by molar-refractivity contribution is 5.79. The minimum absolute atomic E-state index is 0.0814. The van der Waals surface area contributed by atoms with Crippen molar-refractivity contribution in [3.8, 4) is 17.0 Å². The molecule has 0 radical (unpaired) electrons. The Kier molecular flexibility index (Phi) is 5.75. The third kappa shape index (κ3) is 4.36. The number of urea groups is 1. The predicted molar refractivity (Wildman–Crippen MR) is 120 cm³/mol. The Morgan fingerprint density at radius 2 is 1.89 bits per heavy atom. The van der Waals surface area contributed by atoms with Gasteiger partial charge in [-0.15, -0.1) is 0 Å². The largest absolute Gasteiger partial charge is 0.483 e. The van der Waals surface area contributed by atoms with Gasteiger partial charge in [0, 0.05) is 31.0 Å². The minimum Gasteiger partial charge on any atom is -0.483 e. The molecular formula is C24H20F3N5O3. The van der Waals surface area contributed by atoms with Crippen molar-refractivity contribution < 1.29 is 22.7 Å². The lowest BCUT2D eigenvalue weighted by atomic mass is 10.0. The predicted octanol–water partition coefficient (Wildman–Crippen LogP) is 3.78. The van der Waals surface area contributed by atoms with Crippen LogP contribution in [0.25, 0.3) is 11.3 Å². The van der Waals surface area contributed by atoms with Gasteiger partial charge in [-0.05, 0) is 36.2 Å². The summed E-state index contributed by atoms with van der Waals surface area (Å²) < 4.78 is 47.4. The van der Waals surface area contributed by atoms with Crippen LogP contribution < -0.4 is 10.3 Å². The molecule has 2 aliphatic rings. The zero-order valence-electron chi connectivity index (χ0n) is 18.5. The number of H-pyrrole nitrogens is 1. The molecule has 3 aromatic rings. The van der Waals surface area contributed by atoms with Crippen molar-refractivity contribution in [2.24, 2.45) is 5.10 Å². The van der Waals surface area contributed by atoms with Gasteiger partial charge in [-0.25, -0.2) is 23.0 Å². The molecule has 0 aliphatic carbocycles. The van der Waals surface area contributed by atoms with E-state index >= 15 is 0 Å². The normalized spacial score (nSPS) is 17.5. The summed E-state index contributed by atoms with van der Waals surface area (Å²) in [5, 5.41) is 5.25. The van der Waals surface area contributed by atoms with E-state index in [0.717, 1.165) is 12.3 Å². The van der Waals surface area contributed by atoms with Gasteiger partial charge in [0.1, 0.15) is 17.7 Å². The fraction of sp³-hybridized carbons (Fsp3) is 0.250. The Bertz CT molecular complexity index is 1370. The van der Waals surface area contributed by atoms with Crippen LogP contribution in [0.5, 0.6) is 5.75 Å². The zero-order chi connectivity index (χ0) is 24.7. The Hall–Kier alpha value is -4.15. The van der Waals surface area contributed by atoms with Crippen molar-refractivity contribution in [1.82, 2.24) is 19.9 Å². The van der Waals surface area contributed by atoms with E-state index in [1.165, 1.54) is 40.5 Å². The number of pyridine rings is 2. The molecule has 1 fully saturated rings. The maximum Gasteiger partial charge on any atom is 0.341 e. The highest BCUT2D eigenvalue weighted by Crippen LogP contribution is 2.32. The summed E-state index contributed by atoms with van der Waals surface area (Å²) in [6, 6.07) is 5.11. The zero-order valence-corrected chi connectivity index (χ0v) is 18.5. The van der Waals surface area contributed by atoms with Crippen LogP contribution >= 0.6 is 0 Å². The smallest absolute Gasteiger partial charge is 0.341 e. The van der Waals surface area contributed by atoms with Gasteiger partial charge in [-0.2, -0.15) is 5.10 Å². The fourth-order valence-corrected chi connectivity index (χ4v) is 4.18. The van der Waals surface area contributed by atoms with Crippen molar-refractivity contribution in [2.75, 3.05) is 13.1 Å². The molecule has 4 heterocycles. The number of carbonyl (C=O) groups excluding carboxylic acids is 1. The molecule has 0 saturated carbocycles. The van der Waals surface area contributed by atoms with Crippen molar-refractivity contribution in [3.63, 3.8) is 0 Å². The number of amides is 2. The topological polar surface area (TPSA) is 90.9 Å². The maximum absolute atomic E-state index is 14.4. The second kappa shape index (κ2) is 8.90. The van der Waals surface area contributed by atoms with E-state index < -0.39 is 35.6 Å². The fourth-order valence-electron chi connectivity index (χ4n) is 4.18. The van der Waals surface area contributed by atoms with Gasteiger partial charge < -0.3 is 14.6 Å².